The van der Waals surface area contributed by atoms with E-state index < -0.39 is 0 Å². The Morgan fingerprint density at radius 2 is 1.90 bits per heavy atom. The number of ether oxygens (including phenoxy) is 2. The van der Waals surface area contributed by atoms with Gasteiger partial charge in [-0.05, 0) is 23.3 Å². The fourth-order valence-electron chi connectivity index (χ4n) is 1.85. The third kappa shape index (κ3) is 3.75. The van der Waals surface area contributed by atoms with Crippen molar-refractivity contribution in [2.24, 2.45) is 0 Å². The van der Waals surface area contributed by atoms with E-state index >= 15 is 0 Å². The van der Waals surface area contributed by atoms with Gasteiger partial charge in [0, 0.05) is 5.56 Å². The van der Waals surface area contributed by atoms with Crippen LogP contribution in [0.5, 0.6) is 5.75 Å². The number of hydrogen-bond donors (Lipinski definition) is 0. The summed E-state index contributed by atoms with van der Waals surface area (Å²) in [6.07, 6.45) is 5.43. The molecule has 0 unspecified atom stereocenters. The van der Waals surface area contributed by atoms with Crippen molar-refractivity contribution in [3.63, 3.8) is 0 Å². The molecule has 0 N–H and O–H groups in total. The van der Waals surface area contributed by atoms with E-state index in [4.69, 9.17) is 9.47 Å². The van der Waals surface area contributed by atoms with Crippen LogP contribution in [0, 0.1) is 0 Å². The minimum Gasteiger partial charge on any atom is -0.496 e. The van der Waals surface area contributed by atoms with Crippen molar-refractivity contribution in [2.45, 2.75) is 6.61 Å². The lowest BCUT2D eigenvalue weighted by Crippen LogP contribution is -1.91. The molecule has 0 aliphatic carbocycles. The molecule has 0 amide bonds. The second kappa shape index (κ2) is 7.19. The van der Waals surface area contributed by atoms with Crippen LogP contribution in [0.15, 0.2) is 61.4 Å². The Kier molecular flexibility index (Phi) is 5.01. The van der Waals surface area contributed by atoms with E-state index in [0.717, 1.165) is 22.4 Å². The van der Waals surface area contributed by atoms with Crippen molar-refractivity contribution in [2.75, 3.05) is 7.11 Å². The molecule has 0 saturated heterocycles. The van der Waals surface area contributed by atoms with Gasteiger partial charge in [0.2, 0.25) is 0 Å². The van der Waals surface area contributed by atoms with E-state index in [2.05, 4.69) is 6.58 Å². The average molecular weight is 266 g/mol. The number of benzene rings is 2. The molecule has 0 fully saturated rings. The second-order valence-electron chi connectivity index (χ2n) is 4.30. The molecule has 0 bridgehead atoms. The molecular weight excluding hydrogens is 248 g/mol. The van der Waals surface area contributed by atoms with Crippen LogP contribution < -0.4 is 4.74 Å². The average Bonchev–Trinajstić information content (AvgIpc) is 2.52. The van der Waals surface area contributed by atoms with Gasteiger partial charge >= 0.3 is 0 Å². The molecule has 20 heavy (non-hydrogen) atoms. The molecule has 2 nitrogen and oxygen atoms in total. The van der Waals surface area contributed by atoms with Gasteiger partial charge in [0.1, 0.15) is 12.4 Å². The zero-order valence-corrected chi connectivity index (χ0v) is 11.6. The molecule has 0 aliphatic rings. The van der Waals surface area contributed by atoms with E-state index in [9.17, 15) is 0 Å². The standard InChI is InChI=1S/C18H18O2/c1-3-17-10-9-16(13-18(17)19-2)14-20-12-11-15-7-5-4-6-8-15/h3-13H,1,14H2,2H3. The Labute approximate surface area is 120 Å². The van der Waals surface area contributed by atoms with Gasteiger partial charge in [-0.3, -0.25) is 0 Å². The summed E-state index contributed by atoms with van der Waals surface area (Å²) in [5, 5.41) is 0. The summed E-state index contributed by atoms with van der Waals surface area (Å²) in [7, 11) is 1.66. The molecule has 0 aromatic heterocycles. The van der Waals surface area contributed by atoms with Gasteiger partial charge in [-0.1, -0.05) is 55.1 Å². The van der Waals surface area contributed by atoms with Gasteiger partial charge in [-0.25, -0.2) is 0 Å². The zero-order chi connectivity index (χ0) is 14.2. The summed E-state index contributed by atoms with van der Waals surface area (Å²) in [6.45, 7) is 4.27. The zero-order valence-electron chi connectivity index (χ0n) is 11.6. The van der Waals surface area contributed by atoms with Crippen molar-refractivity contribution >= 4 is 12.2 Å². The quantitative estimate of drug-likeness (QED) is 0.715. The summed E-state index contributed by atoms with van der Waals surface area (Å²) in [5.74, 6) is 0.813. The largest absolute Gasteiger partial charge is 0.496 e. The summed E-state index contributed by atoms with van der Waals surface area (Å²) >= 11 is 0. The van der Waals surface area contributed by atoms with Gasteiger partial charge in [-0.2, -0.15) is 0 Å². The SMILES string of the molecule is C=Cc1ccc(COC=Cc2ccccc2)cc1OC. The Balaban J connectivity index is 1.94. The maximum atomic E-state index is 5.53. The molecule has 102 valence electrons. The highest BCUT2D eigenvalue weighted by Gasteiger charge is 2.01. The summed E-state index contributed by atoms with van der Waals surface area (Å²) in [4.78, 5) is 0. The number of rotatable bonds is 6. The first kappa shape index (κ1) is 13.9. The lowest BCUT2D eigenvalue weighted by atomic mass is 10.1. The molecule has 2 heteroatoms. The highest BCUT2D eigenvalue weighted by molar-refractivity contribution is 5.56. The Morgan fingerprint density at radius 3 is 2.60 bits per heavy atom. The van der Waals surface area contributed by atoms with E-state index in [-0.39, 0.29) is 0 Å². The van der Waals surface area contributed by atoms with Crippen LogP contribution in [0.25, 0.3) is 12.2 Å². The van der Waals surface area contributed by atoms with Crippen LogP contribution in [-0.4, -0.2) is 7.11 Å². The van der Waals surface area contributed by atoms with Crippen molar-refractivity contribution in [1.29, 1.82) is 0 Å². The van der Waals surface area contributed by atoms with Crippen LogP contribution in [0.4, 0.5) is 0 Å². The number of methoxy groups -OCH3 is 1. The molecule has 0 aliphatic heterocycles. The van der Waals surface area contributed by atoms with E-state index in [1.165, 1.54) is 0 Å². The van der Waals surface area contributed by atoms with Gasteiger partial charge in [0.15, 0.2) is 0 Å². The number of hydrogen-bond acceptors (Lipinski definition) is 2. The van der Waals surface area contributed by atoms with Crippen LogP contribution in [0.3, 0.4) is 0 Å². The molecule has 2 rings (SSSR count). The Hall–Kier alpha value is -2.48. The van der Waals surface area contributed by atoms with Crippen LogP contribution in [-0.2, 0) is 11.3 Å². The van der Waals surface area contributed by atoms with Crippen LogP contribution in [0.1, 0.15) is 16.7 Å². The Bertz CT molecular complexity index is 586. The van der Waals surface area contributed by atoms with Gasteiger partial charge in [-0.15, -0.1) is 0 Å². The van der Waals surface area contributed by atoms with E-state index in [0.29, 0.717) is 6.61 Å². The summed E-state index contributed by atoms with van der Waals surface area (Å²) < 4.78 is 10.8. The monoisotopic (exact) mass is 266 g/mol. The lowest BCUT2D eigenvalue weighted by molar-refractivity contribution is 0.238. The highest BCUT2D eigenvalue weighted by atomic mass is 16.5. The van der Waals surface area contributed by atoms with Gasteiger partial charge < -0.3 is 9.47 Å². The van der Waals surface area contributed by atoms with Gasteiger partial charge in [0.25, 0.3) is 0 Å². The Morgan fingerprint density at radius 1 is 1.10 bits per heavy atom. The first-order chi connectivity index (χ1) is 9.83. The molecule has 0 heterocycles. The predicted octanol–water partition coefficient (Wildman–Crippen LogP) is 4.53. The minimum atomic E-state index is 0.511. The highest BCUT2D eigenvalue weighted by Crippen LogP contribution is 2.21. The minimum absolute atomic E-state index is 0.511. The maximum Gasteiger partial charge on any atom is 0.126 e. The van der Waals surface area contributed by atoms with Crippen molar-refractivity contribution in [1.82, 2.24) is 0 Å². The van der Waals surface area contributed by atoms with Crippen LogP contribution in [0.2, 0.25) is 0 Å². The summed E-state index contributed by atoms with van der Waals surface area (Å²) in [6, 6.07) is 16.0. The first-order valence-corrected chi connectivity index (χ1v) is 6.46. The fourth-order valence-corrected chi connectivity index (χ4v) is 1.85. The van der Waals surface area contributed by atoms with Crippen LogP contribution >= 0.6 is 0 Å². The second-order valence-corrected chi connectivity index (χ2v) is 4.30. The van der Waals surface area contributed by atoms with E-state index in [1.807, 2.05) is 54.6 Å². The lowest BCUT2D eigenvalue weighted by Gasteiger charge is -2.07. The van der Waals surface area contributed by atoms with E-state index in [1.54, 1.807) is 19.4 Å². The molecule has 0 radical (unpaired) electrons. The molecule has 0 spiro atoms. The normalized spacial score (nSPS) is 10.4. The molecule has 0 saturated carbocycles. The van der Waals surface area contributed by atoms with Crippen molar-refractivity contribution < 1.29 is 9.47 Å². The maximum absolute atomic E-state index is 5.53. The topological polar surface area (TPSA) is 18.5 Å². The summed E-state index contributed by atoms with van der Waals surface area (Å²) in [5.41, 5.74) is 3.16. The smallest absolute Gasteiger partial charge is 0.126 e. The van der Waals surface area contributed by atoms with Gasteiger partial charge in [0.05, 0.1) is 13.4 Å². The fraction of sp³-hybridized carbons (Fsp3) is 0.111. The third-order valence-electron chi connectivity index (χ3n) is 2.92. The van der Waals surface area contributed by atoms with Crippen molar-refractivity contribution in [3.05, 3.63) is 78.1 Å². The van der Waals surface area contributed by atoms with Crippen molar-refractivity contribution in [3.8, 4) is 5.75 Å². The molecular formula is C18H18O2. The first-order valence-electron chi connectivity index (χ1n) is 6.46. The molecule has 2 aromatic rings. The molecule has 2 aromatic carbocycles. The third-order valence-corrected chi connectivity index (χ3v) is 2.92. The molecule has 0 atom stereocenters. The predicted molar refractivity (Wildman–Crippen MR) is 83.4 cm³/mol.